The van der Waals surface area contributed by atoms with Crippen molar-refractivity contribution >= 4 is 0 Å². The molecule has 0 aromatic rings. The van der Waals surface area contributed by atoms with Gasteiger partial charge in [0.1, 0.15) is 67.1 Å². The molecule has 5 saturated heterocycles. The van der Waals surface area contributed by atoms with Gasteiger partial charge in [0, 0.05) is 12.3 Å². The van der Waals surface area contributed by atoms with Crippen molar-refractivity contribution in [2.75, 3.05) is 19.8 Å². The number of fused-ring (bicyclic) bond motifs is 7. The van der Waals surface area contributed by atoms with Crippen LogP contribution in [0.3, 0.4) is 0 Å². The number of rotatable bonds is 8. The topological polar surface area (TPSA) is 256 Å². The molecule has 0 aromatic heterocycles. The quantitative estimate of drug-likeness (QED) is 0.148. The second kappa shape index (κ2) is 17.3. The Morgan fingerprint density at radius 2 is 1.34 bits per heavy atom. The molecule has 17 nitrogen and oxygen atoms in total. The van der Waals surface area contributed by atoms with Crippen molar-refractivity contribution in [2.45, 2.75) is 203 Å². The summed E-state index contributed by atoms with van der Waals surface area (Å²) < 4.78 is 50.3. The second-order valence-corrected chi connectivity index (χ2v) is 21.1. The molecular weight excluding hydrogens is 812 g/mol. The number of aliphatic hydroxyl groups is 9. The van der Waals surface area contributed by atoms with Crippen molar-refractivity contribution in [1.82, 2.24) is 0 Å². The van der Waals surface area contributed by atoms with Crippen LogP contribution in [0.1, 0.15) is 92.4 Å². The van der Waals surface area contributed by atoms with Gasteiger partial charge in [0.25, 0.3) is 0 Å². The lowest BCUT2D eigenvalue weighted by Crippen LogP contribution is -2.67. The number of aliphatic hydroxyl groups excluding tert-OH is 9. The average molecular weight is 885 g/mol. The standard InChI is InChI=1S/C45H72O17/c1-19-8-13-45(55-18-19)20(2)30-27(62-45)15-26-24-7-6-22-14-23(9-11-43(22,4)25(24)10-12-44(26,30)5)57-42-39(61-40-36(53)34(51)31(48)21(3)56-40)38(33(50)29(17-47)59-42)60-41-37(54)35(52)32(49)28(16-46)58-41/h6,19-21,23-42,46-54H,7-18H2,1-5H3/t19?,20?,21-,23-,24+,25?,26?,27?,28+,29+,30?,31+,32+,33+,34+,35-,36+,37+,38-,39+,40-,41-,42+,43-,44-,45?/m0/s1. The maximum atomic E-state index is 11.6. The van der Waals surface area contributed by atoms with Crippen LogP contribution in [0.5, 0.6) is 0 Å². The van der Waals surface area contributed by atoms with Gasteiger partial charge in [-0.25, -0.2) is 0 Å². The fourth-order valence-electron chi connectivity index (χ4n) is 14.0. The Bertz CT molecular complexity index is 1610. The molecule has 26 atom stereocenters. The highest BCUT2D eigenvalue weighted by atomic mass is 16.8. The molecule has 3 saturated carbocycles. The minimum Gasteiger partial charge on any atom is -0.394 e. The highest BCUT2D eigenvalue weighted by Gasteiger charge is 2.69. The van der Waals surface area contributed by atoms with Gasteiger partial charge in [-0.3, -0.25) is 0 Å². The molecule has 17 heteroatoms. The first-order valence-corrected chi connectivity index (χ1v) is 23.4. The van der Waals surface area contributed by atoms with E-state index in [1.165, 1.54) is 12.5 Å². The Balaban J connectivity index is 0.940. The molecule has 0 aromatic carbocycles. The Kier molecular flexibility index (Phi) is 12.9. The predicted molar refractivity (Wildman–Crippen MR) is 214 cm³/mol. The molecule has 0 radical (unpaired) electrons. The molecule has 7 unspecified atom stereocenters. The summed E-state index contributed by atoms with van der Waals surface area (Å²) in [5, 5.41) is 95.8. The summed E-state index contributed by atoms with van der Waals surface area (Å²) in [5.74, 6) is 2.52. The summed E-state index contributed by atoms with van der Waals surface area (Å²) in [6.45, 7) is 10.4. The molecule has 354 valence electrons. The van der Waals surface area contributed by atoms with E-state index in [0.717, 1.165) is 51.6 Å². The fraction of sp³-hybridized carbons (Fsp3) is 0.956. The van der Waals surface area contributed by atoms with E-state index in [1.807, 2.05) is 0 Å². The lowest BCUT2D eigenvalue weighted by atomic mass is 9.47. The Morgan fingerprint density at radius 1 is 0.677 bits per heavy atom. The van der Waals surface area contributed by atoms with E-state index in [4.69, 9.17) is 37.9 Å². The molecule has 9 N–H and O–H groups in total. The van der Waals surface area contributed by atoms with E-state index in [0.29, 0.717) is 48.3 Å². The summed E-state index contributed by atoms with van der Waals surface area (Å²) in [4.78, 5) is 0. The molecule has 1 spiro atoms. The van der Waals surface area contributed by atoms with Crippen molar-refractivity contribution in [3.05, 3.63) is 11.6 Å². The number of hydrogen-bond donors (Lipinski definition) is 9. The second-order valence-electron chi connectivity index (χ2n) is 21.1. The SMILES string of the molecule is CC1CCC2(OC1)OC1CC3[C@@H]4CC=C5C[C@@H](O[C@@H]6O[C@H](CO)[C@@H](O)[C@H](O[C@@H]7O[C@H](CO)[C@@H](O)[C@H](O)[C@H]7O)[C@H]6O[C@@H]6O[C@@H](C)[C@@H](O)[C@@H](O)[C@H]6O)CC[C@]5(C)C4CC[C@]3(C)C1C2C. The number of allylic oxidation sites excluding steroid dienone is 1. The molecule has 9 aliphatic rings. The number of ether oxygens (including phenoxy) is 8. The van der Waals surface area contributed by atoms with Gasteiger partial charge in [0.15, 0.2) is 24.7 Å². The maximum absolute atomic E-state index is 11.6. The summed E-state index contributed by atoms with van der Waals surface area (Å²) in [5.41, 5.74) is 1.45. The summed E-state index contributed by atoms with van der Waals surface area (Å²) in [7, 11) is 0. The molecule has 4 aliphatic carbocycles. The van der Waals surface area contributed by atoms with E-state index in [-0.39, 0.29) is 16.9 Å². The van der Waals surface area contributed by atoms with E-state index >= 15 is 0 Å². The van der Waals surface area contributed by atoms with E-state index < -0.39 is 117 Å². The third kappa shape index (κ3) is 7.49. The average Bonchev–Trinajstić information content (AvgIpc) is 3.70. The molecular formula is C45H72O17. The van der Waals surface area contributed by atoms with Gasteiger partial charge < -0.3 is 83.9 Å². The van der Waals surface area contributed by atoms with Gasteiger partial charge in [-0.1, -0.05) is 39.3 Å². The first kappa shape index (κ1) is 46.2. The normalized spacial score (nSPS) is 57.6. The Hall–Kier alpha value is -0.940. The van der Waals surface area contributed by atoms with Crippen LogP contribution in [0.2, 0.25) is 0 Å². The minimum atomic E-state index is -1.84. The fourth-order valence-corrected chi connectivity index (χ4v) is 14.0. The Labute approximate surface area is 363 Å². The molecule has 5 heterocycles. The van der Waals surface area contributed by atoms with E-state index in [2.05, 4.69) is 33.8 Å². The smallest absolute Gasteiger partial charge is 0.187 e. The van der Waals surface area contributed by atoms with Crippen LogP contribution in [0, 0.1) is 46.3 Å². The van der Waals surface area contributed by atoms with Crippen LogP contribution in [-0.4, -0.2) is 176 Å². The highest BCUT2D eigenvalue weighted by Crippen LogP contribution is 2.70. The van der Waals surface area contributed by atoms with E-state index in [9.17, 15) is 46.0 Å². The first-order valence-electron chi connectivity index (χ1n) is 23.4. The monoisotopic (exact) mass is 884 g/mol. The summed E-state index contributed by atoms with van der Waals surface area (Å²) in [6, 6.07) is 0. The van der Waals surface area contributed by atoms with Gasteiger partial charge in [-0.15, -0.1) is 0 Å². The van der Waals surface area contributed by atoms with Gasteiger partial charge in [-0.2, -0.15) is 0 Å². The summed E-state index contributed by atoms with van der Waals surface area (Å²) in [6.07, 6.45) is -12.4. The lowest BCUT2D eigenvalue weighted by molar-refractivity contribution is -0.394. The van der Waals surface area contributed by atoms with Gasteiger partial charge >= 0.3 is 0 Å². The molecule has 0 amide bonds. The third-order valence-corrected chi connectivity index (χ3v) is 17.7. The largest absolute Gasteiger partial charge is 0.394 e. The van der Waals surface area contributed by atoms with Crippen LogP contribution in [0.25, 0.3) is 0 Å². The minimum absolute atomic E-state index is 0.0484. The molecule has 0 bridgehead atoms. The molecule has 62 heavy (non-hydrogen) atoms. The summed E-state index contributed by atoms with van der Waals surface area (Å²) >= 11 is 0. The van der Waals surface area contributed by atoms with Crippen LogP contribution >= 0.6 is 0 Å². The third-order valence-electron chi connectivity index (χ3n) is 17.7. The van der Waals surface area contributed by atoms with Gasteiger partial charge in [0.05, 0.1) is 38.1 Å². The number of hydrogen-bond acceptors (Lipinski definition) is 17. The predicted octanol–water partition coefficient (Wildman–Crippen LogP) is 0.214. The highest BCUT2D eigenvalue weighted by molar-refractivity contribution is 5.26. The van der Waals surface area contributed by atoms with Crippen molar-refractivity contribution in [1.29, 1.82) is 0 Å². The van der Waals surface area contributed by atoms with Crippen LogP contribution in [-0.2, 0) is 37.9 Å². The van der Waals surface area contributed by atoms with Crippen LogP contribution in [0.4, 0.5) is 0 Å². The zero-order chi connectivity index (χ0) is 44.2. The van der Waals surface area contributed by atoms with Crippen molar-refractivity contribution in [3.63, 3.8) is 0 Å². The molecule has 8 fully saturated rings. The first-order chi connectivity index (χ1) is 29.4. The zero-order valence-corrected chi connectivity index (χ0v) is 36.6. The van der Waals surface area contributed by atoms with Crippen LogP contribution in [0.15, 0.2) is 11.6 Å². The van der Waals surface area contributed by atoms with Crippen molar-refractivity contribution in [2.24, 2.45) is 46.3 Å². The van der Waals surface area contributed by atoms with Crippen molar-refractivity contribution < 1.29 is 83.9 Å². The molecule has 5 aliphatic heterocycles. The maximum Gasteiger partial charge on any atom is 0.187 e. The van der Waals surface area contributed by atoms with Crippen LogP contribution < -0.4 is 0 Å². The molecule has 9 rings (SSSR count). The van der Waals surface area contributed by atoms with E-state index in [1.54, 1.807) is 0 Å². The Morgan fingerprint density at radius 3 is 2.03 bits per heavy atom. The van der Waals surface area contributed by atoms with Gasteiger partial charge in [-0.05, 0) is 98.7 Å². The lowest BCUT2D eigenvalue weighted by Gasteiger charge is -2.59. The zero-order valence-electron chi connectivity index (χ0n) is 36.6. The van der Waals surface area contributed by atoms with Crippen molar-refractivity contribution in [3.8, 4) is 0 Å². The van der Waals surface area contributed by atoms with Gasteiger partial charge in [0.2, 0.25) is 0 Å².